The second-order valence-corrected chi connectivity index (χ2v) is 5.95. The van der Waals surface area contributed by atoms with E-state index in [4.69, 9.17) is 0 Å². The van der Waals surface area contributed by atoms with E-state index >= 15 is 0 Å². The maximum absolute atomic E-state index is 12.2. The van der Waals surface area contributed by atoms with Gasteiger partial charge in [0.1, 0.15) is 0 Å². The minimum absolute atomic E-state index is 0.188. The van der Waals surface area contributed by atoms with E-state index in [1.807, 2.05) is 6.92 Å². The fourth-order valence-electron chi connectivity index (χ4n) is 1.54. The molecule has 0 spiro atoms. The molecular weight excluding hydrogens is 264 g/mol. The molecule has 19 heavy (non-hydrogen) atoms. The number of aromatic nitrogens is 2. The van der Waals surface area contributed by atoms with Crippen molar-refractivity contribution in [1.82, 2.24) is 15.1 Å². The number of aliphatic hydroxyl groups is 1. The zero-order valence-electron chi connectivity index (χ0n) is 11.9. The lowest BCUT2D eigenvalue weighted by molar-refractivity contribution is 0.0314. The highest BCUT2D eigenvalue weighted by atomic mass is 32.1. The number of amides is 1. The SMILES string of the molecule is CCCNc1nnc(C(=O)N(CC)CC(C)(C)O)s1. The van der Waals surface area contributed by atoms with Crippen LogP contribution >= 0.6 is 11.3 Å². The second-order valence-electron chi connectivity index (χ2n) is 4.97. The van der Waals surface area contributed by atoms with E-state index in [0.29, 0.717) is 16.7 Å². The largest absolute Gasteiger partial charge is 0.389 e. The first-order chi connectivity index (χ1) is 8.87. The van der Waals surface area contributed by atoms with E-state index in [1.165, 1.54) is 11.3 Å². The molecule has 7 heteroatoms. The van der Waals surface area contributed by atoms with Crippen molar-refractivity contribution < 1.29 is 9.90 Å². The van der Waals surface area contributed by atoms with Crippen LogP contribution in [-0.2, 0) is 0 Å². The minimum Gasteiger partial charge on any atom is -0.389 e. The zero-order valence-corrected chi connectivity index (χ0v) is 12.8. The van der Waals surface area contributed by atoms with Crippen LogP contribution in [0.15, 0.2) is 0 Å². The monoisotopic (exact) mass is 286 g/mol. The summed E-state index contributed by atoms with van der Waals surface area (Å²) in [5.41, 5.74) is -0.917. The smallest absolute Gasteiger partial charge is 0.284 e. The first-order valence-corrected chi connectivity index (χ1v) is 7.28. The second kappa shape index (κ2) is 6.81. The predicted molar refractivity (Wildman–Crippen MR) is 76.6 cm³/mol. The molecule has 0 aliphatic rings. The first kappa shape index (κ1) is 15.8. The number of hydrogen-bond donors (Lipinski definition) is 2. The van der Waals surface area contributed by atoms with E-state index in [9.17, 15) is 9.90 Å². The fraction of sp³-hybridized carbons (Fsp3) is 0.750. The average Bonchev–Trinajstić information content (AvgIpc) is 2.80. The molecule has 0 saturated carbocycles. The summed E-state index contributed by atoms with van der Waals surface area (Å²) < 4.78 is 0. The van der Waals surface area contributed by atoms with Gasteiger partial charge in [-0.15, -0.1) is 10.2 Å². The van der Waals surface area contributed by atoms with Gasteiger partial charge in [-0.3, -0.25) is 4.79 Å². The Labute approximate surface area is 117 Å². The van der Waals surface area contributed by atoms with Crippen molar-refractivity contribution in [3.05, 3.63) is 5.01 Å². The summed E-state index contributed by atoms with van der Waals surface area (Å²) in [6.45, 7) is 8.90. The van der Waals surface area contributed by atoms with Crippen LogP contribution in [0.4, 0.5) is 5.13 Å². The van der Waals surface area contributed by atoms with E-state index in [2.05, 4.69) is 22.4 Å². The molecular formula is C12H22N4O2S. The summed E-state index contributed by atoms with van der Waals surface area (Å²) >= 11 is 1.24. The maximum atomic E-state index is 12.2. The van der Waals surface area contributed by atoms with Crippen molar-refractivity contribution in [3.8, 4) is 0 Å². The van der Waals surface area contributed by atoms with Gasteiger partial charge in [0.05, 0.1) is 5.60 Å². The van der Waals surface area contributed by atoms with Gasteiger partial charge in [0.2, 0.25) is 10.1 Å². The number of nitrogens with zero attached hydrogens (tertiary/aromatic N) is 3. The van der Waals surface area contributed by atoms with E-state index in [0.717, 1.165) is 13.0 Å². The van der Waals surface area contributed by atoms with Gasteiger partial charge in [-0.2, -0.15) is 0 Å². The third kappa shape index (κ3) is 5.12. The molecule has 1 aromatic rings. The molecule has 1 amide bonds. The molecule has 0 aliphatic heterocycles. The Morgan fingerprint density at radius 2 is 2.11 bits per heavy atom. The highest BCUT2D eigenvalue weighted by molar-refractivity contribution is 7.17. The molecule has 0 fully saturated rings. The Balaban J connectivity index is 2.72. The molecule has 1 heterocycles. The lowest BCUT2D eigenvalue weighted by Crippen LogP contribution is -2.42. The molecule has 0 atom stereocenters. The summed E-state index contributed by atoms with van der Waals surface area (Å²) in [6.07, 6.45) is 0.989. The Bertz CT molecular complexity index is 414. The van der Waals surface area contributed by atoms with Gasteiger partial charge in [-0.1, -0.05) is 18.3 Å². The molecule has 6 nitrogen and oxygen atoms in total. The number of rotatable bonds is 7. The molecule has 2 N–H and O–H groups in total. The number of nitrogens with one attached hydrogen (secondary N) is 1. The summed E-state index contributed by atoms with van der Waals surface area (Å²) in [7, 11) is 0. The molecule has 1 rings (SSSR count). The lowest BCUT2D eigenvalue weighted by atomic mass is 10.1. The van der Waals surface area contributed by atoms with Crippen LogP contribution < -0.4 is 5.32 Å². The molecule has 0 aliphatic carbocycles. The van der Waals surface area contributed by atoms with Crippen LogP contribution in [0, 0.1) is 0 Å². The number of anilines is 1. The van der Waals surface area contributed by atoms with Crippen molar-refractivity contribution in [2.75, 3.05) is 25.0 Å². The van der Waals surface area contributed by atoms with Crippen LogP contribution in [0.3, 0.4) is 0 Å². The highest BCUT2D eigenvalue weighted by Gasteiger charge is 2.24. The Morgan fingerprint density at radius 1 is 1.42 bits per heavy atom. The summed E-state index contributed by atoms with van der Waals surface area (Å²) in [4.78, 5) is 13.8. The Hall–Kier alpha value is -1.21. The predicted octanol–water partition coefficient (Wildman–Crippen LogP) is 1.59. The average molecular weight is 286 g/mol. The van der Waals surface area contributed by atoms with Crippen LogP contribution in [-0.4, -0.2) is 51.3 Å². The summed E-state index contributed by atoms with van der Waals surface area (Å²) in [6, 6.07) is 0. The summed E-state index contributed by atoms with van der Waals surface area (Å²) in [5, 5.41) is 21.7. The number of likely N-dealkylation sites (N-methyl/N-ethyl adjacent to an activating group) is 1. The van der Waals surface area contributed by atoms with E-state index in [-0.39, 0.29) is 12.5 Å². The Kier molecular flexibility index (Phi) is 5.68. The number of hydrogen-bond acceptors (Lipinski definition) is 6. The van der Waals surface area contributed by atoms with Crippen molar-refractivity contribution in [1.29, 1.82) is 0 Å². The highest BCUT2D eigenvalue weighted by Crippen LogP contribution is 2.18. The standard InChI is InChI=1S/C12H22N4O2S/c1-5-7-13-11-15-14-9(19-11)10(17)16(6-2)8-12(3,4)18/h18H,5-8H2,1-4H3,(H,13,15). The van der Waals surface area contributed by atoms with E-state index < -0.39 is 5.60 Å². The molecule has 1 aromatic heterocycles. The molecule has 108 valence electrons. The minimum atomic E-state index is -0.917. The molecule has 0 saturated heterocycles. The van der Waals surface area contributed by atoms with Gasteiger partial charge < -0.3 is 15.3 Å². The normalized spacial score (nSPS) is 11.4. The van der Waals surface area contributed by atoms with E-state index in [1.54, 1.807) is 18.7 Å². The topological polar surface area (TPSA) is 78.4 Å². The molecule has 0 unspecified atom stereocenters. The number of carbonyl (C=O) groups excluding carboxylic acids is 1. The molecule has 0 aromatic carbocycles. The van der Waals surface area contributed by atoms with Gasteiger partial charge >= 0.3 is 0 Å². The fourth-order valence-corrected chi connectivity index (χ4v) is 2.28. The van der Waals surface area contributed by atoms with Crippen molar-refractivity contribution in [2.24, 2.45) is 0 Å². The molecule has 0 bridgehead atoms. The van der Waals surface area contributed by atoms with Crippen LogP contribution in [0.1, 0.15) is 43.9 Å². The first-order valence-electron chi connectivity index (χ1n) is 6.46. The number of carbonyl (C=O) groups is 1. The van der Waals surface area contributed by atoms with Crippen LogP contribution in [0.25, 0.3) is 0 Å². The lowest BCUT2D eigenvalue weighted by Gasteiger charge is -2.27. The van der Waals surface area contributed by atoms with Gasteiger partial charge in [0.25, 0.3) is 5.91 Å². The third-order valence-electron chi connectivity index (χ3n) is 2.38. The van der Waals surface area contributed by atoms with Gasteiger partial charge in [-0.05, 0) is 27.2 Å². The van der Waals surface area contributed by atoms with Crippen molar-refractivity contribution in [3.63, 3.8) is 0 Å². The van der Waals surface area contributed by atoms with Crippen molar-refractivity contribution in [2.45, 2.75) is 39.7 Å². The van der Waals surface area contributed by atoms with Gasteiger partial charge in [0, 0.05) is 19.6 Å². The van der Waals surface area contributed by atoms with Gasteiger partial charge in [-0.25, -0.2) is 0 Å². The Morgan fingerprint density at radius 3 is 2.63 bits per heavy atom. The van der Waals surface area contributed by atoms with Crippen LogP contribution in [0.2, 0.25) is 0 Å². The quantitative estimate of drug-likeness (QED) is 0.796. The third-order valence-corrected chi connectivity index (χ3v) is 3.25. The maximum Gasteiger partial charge on any atom is 0.284 e. The zero-order chi connectivity index (χ0) is 14.5. The molecule has 0 radical (unpaired) electrons. The van der Waals surface area contributed by atoms with Gasteiger partial charge in [0.15, 0.2) is 0 Å². The summed E-state index contributed by atoms with van der Waals surface area (Å²) in [5.74, 6) is -0.188. The van der Waals surface area contributed by atoms with Crippen molar-refractivity contribution >= 4 is 22.4 Å². The van der Waals surface area contributed by atoms with Crippen LogP contribution in [0.5, 0.6) is 0 Å².